The highest BCUT2D eigenvalue weighted by atomic mass is 16.4. The Kier molecular flexibility index (Phi) is 7.52. The fraction of sp³-hybridized carbons (Fsp3) is 0.750. The number of nitriles is 1. The number of carbonyl (C=O) groups is 2. The molecule has 0 spiro atoms. The van der Waals surface area contributed by atoms with Crippen molar-refractivity contribution >= 4 is 12.0 Å². The minimum absolute atomic E-state index is 0.112. The van der Waals surface area contributed by atoms with Crippen LogP contribution >= 0.6 is 0 Å². The Bertz CT molecular complexity index is 323. The Hall–Kier alpha value is -1.77. The molecule has 2 N–H and O–H groups in total. The van der Waals surface area contributed by atoms with Crippen molar-refractivity contribution in [1.82, 2.24) is 10.2 Å². The van der Waals surface area contributed by atoms with Gasteiger partial charge in [0.1, 0.15) is 0 Å². The molecule has 0 bridgehead atoms. The van der Waals surface area contributed by atoms with Crippen LogP contribution in [0.2, 0.25) is 0 Å². The molecule has 0 aromatic carbocycles. The van der Waals surface area contributed by atoms with Crippen LogP contribution in [-0.4, -0.2) is 41.1 Å². The molecule has 0 aliphatic rings. The van der Waals surface area contributed by atoms with E-state index in [1.54, 1.807) is 11.8 Å². The van der Waals surface area contributed by atoms with Gasteiger partial charge in [0.05, 0.1) is 18.9 Å². The standard InChI is InChI=1S/C12H21N3O3/c1-9(2)8-15(6-4-5-13)12(18)14-10(3)7-11(16)17/h9-10H,4,6-8H2,1-3H3,(H,14,18)(H,16,17). The zero-order valence-corrected chi connectivity index (χ0v) is 11.1. The van der Waals surface area contributed by atoms with Crippen molar-refractivity contribution in [3.05, 3.63) is 0 Å². The Balaban J connectivity index is 4.36. The first-order chi connectivity index (χ1) is 8.36. The topological polar surface area (TPSA) is 93.4 Å². The van der Waals surface area contributed by atoms with E-state index in [0.717, 1.165) is 0 Å². The molecule has 0 saturated carbocycles. The first-order valence-corrected chi connectivity index (χ1v) is 6.01. The van der Waals surface area contributed by atoms with Crippen LogP contribution in [0, 0.1) is 17.2 Å². The fourth-order valence-electron chi connectivity index (χ4n) is 1.52. The van der Waals surface area contributed by atoms with Gasteiger partial charge in [0.2, 0.25) is 0 Å². The van der Waals surface area contributed by atoms with E-state index in [1.807, 2.05) is 19.9 Å². The zero-order valence-electron chi connectivity index (χ0n) is 11.1. The van der Waals surface area contributed by atoms with Crippen molar-refractivity contribution in [2.75, 3.05) is 13.1 Å². The summed E-state index contributed by atoms with van der Waals surface area (Å²) in [5, 5.41) is 19.8. The van der Waals surface area contributed by atoms with Crippen LogP contribution < -0.4 is 5.32 Å². The van der Waals surface area contributed by atoms with Gasteiger partial charge < -0.3 is 15.3 Å². The molecule has 102 valence electrons. The Morgan fingerprint density at radius 2 is 2.00 bits per heavy atom. The number of nitrogens with one attached hydrogen (secondary N) is 1. The van der Waals surface area contributed by atoms with Crippen LogP contribution in [0.4, 0.5) is 4.79 Å². The van der Waals surface area contributed by atoms with E-state index in [-0.39, 0.29) is 18.9 Å². The van der Waals surface area contributed by atoms with E-state index in [9.17, 15) is 9.59 Å². The van der Waals surface area contributed by atoms with Crippen molar-refractivity contribution in [3.63, 3.8) is 0 Å². The number of aliphatic carboxylic acids is 1. The van der Waals surface area contributed by atoms with Crippen LogP contribution in [0.15, 0.2) is 0 Å². The molecule has 18 heavy (non-hydrogen) atoms. The lowest BCUT2D eigenvalue weighted by atomic mass is 10.2. The number of carbonyl (C=O) groups excluding carboxylic acids is 1. The summed E-state index contributed by atoms with van der Waals surface area (Å²) in [6, 6.07) is 1.26. The number of urea groups is 1. The summed E-state index contributed by atoms with van der Waals surface area (Å²) in [5.74, 6) is -0.653. The molecule has 0 aliphatic carbocycles. The van der Waals surface area contributed by atoms with Crippen LogP contribution in [0.3, 0.4) is 0 Å². The summed E-state index contributed by atoms with van der Waals surface area (Å²) in [6.07, 6.45) is 0.160. The van der Waals surface area contributed by atoms with Crippen molar-refractivity contribution < 1.29 is 14.7 Å². The van der Waals surface area contributed by atoms with Gasteiger partial charge in [0, 0.05) is 19.1 Å². The van der Waals surface area contributed by atoms with E-state index in [1.165, 1.54) is 0 Å². The van der Waals surface area contributed by atoms with E-state index in [0.29, 0.717) is 19.0 Å². The van der Waals surface area contributed by atoms with Crippen LogP contribution in [0.5, 0.6) is 0 Å². The lowest BCUT2D eigenvalue weighted by molar-refractivity contribution is -0.137. The lowest BCUT2D eigenvalue weighted by Gasteiger charge is -2.25. The third-order valence-electron chi connectivity index (χ3n) is 2.22. The van der Waals surface area contributed by atoms with Crippen LogP contribution in [-0.2, 0) is 4.79 Å². The van der Waals surface area contributed by atoms with Crippen molar-refractivity contribution in [3.8, 4) is 6.07 Å². The molecule has 6 nitrogen and oxygen atoms in total. The highest BCUT2D eigenvalue weighted by Crippen LogP contribution is 2.02. The van der Waals surface area contributed by atoms with Crippen LogP contribution in [0.1, 0.15) is 33.6 Å². The highest BCUT2D eigenvalue weighted by Gasteiger charge is 2.17. The number of hydrogen-bond donors (Lipinski definition) is 2. The van der Waals surface area contributed by atoms with Gasteiger partial charge >= 0.3 is 12.0 Å². The molecule has 1 atom stereocenters. The van der Waals surface area contributed by atoms with Crippen LogP contribution in [0.25, 0.3) is 0 Å². The molecular formula is C12H21N3O3. The van der Waals surface area contributed by atoms with Crippen molar-refractivity contribution in [2.45, 2.75) is 39.7 Å². The number of carboxylic acids is 1. The third-order valence-corrected chi connectivity index (χ3v) is 2.22. The Morgan fingerprint density at radius 1 is 1.39 bits per heavy atom. The van der Waals surface area contributed by atoms with E-state index >= 15 is 0 Å². The number of rotatable bonds is 7. The molecule has 0 radical (unpaired) electrons. The zero-order chi connectivity index (χ0) is 14.1. The molecule has 6 heteroatoms. The SMILES string of the molecule is CC(C)CN(CCC#N)C(=O)NC(C)CC(=O)O. The summed E-state index contributed by atoms with van der Waals surface area (Å²) < 4.78 is 0. The molecule has 1 unspecified atom stereocenters. The van der Waals surface area contributed by atoms with Gasteiger partial charge in [-0.1, -0.05) is 13.8 Å². The van der Waals surface area contributed by atoms with Gasteiger partial charge in [-0.05, 0) is 12.8 Å². The van der Waals surface area contributed by atoms with Gasteiger partial charge in [0.15, 0.2) is 0 Å². The average Bonchev–Trinajstić information content (AvgIpc) is 2.22. The molecule has 0 aromatic rings. The molecule has 0 heterocycles. The van der Waals surface area contributed by atoms with E-state index in [4.69, 9.17) is 10.4 Å². The van der Waals surface area contributed by atoms with Crippen molar-refractivity contribution in [2.24, 2.45) is 5.92 Å². The van der Waals surface area contributed by atoms with E-state index < -0.39 is 12.0 Å². The number of hydrogen-bond acceptors (Lipinski definition) is 3. The molecule has 0 aromatic heterocycles. The summed E-state index contributed by atoms with van der Waals surface area (Å²) in [6.45, 7) is 6.51. The molecule has 0 saturated heterocycles. The minimum Gasteiger partial charge on any atom is -0.481 e. The smallest absolute Gasteiger partial charge is 0.317 e. The maximum atomic E-state index is 11.9. The summed E-state index contributed by atoms with van der Waals surface area (Å²) in [4.78, 5) is 23.9. The van der Waals surface area contributed by atoms with Gasteiger partial charge in [0.25, 0.3) is 0 Å². The largest absolute Gasteiger partial charge is 0.481 e. The molecule has 2 amide bonds. The quantitative estimate of drug-likeness (QED) is 0.719. The predicted octanol–water partition coefficient (Wildman–Crippen LogP) is 1.43. The average molecular weight is 255 g/mol. The van der Waals surface area contributed by atoms with E-state index in [2.05, 4.69) is 5.32 Å². The molecule has 0 aliphatic heterocycles. The predicted molar refractivity (Wildman–Crippen MR) is 66.9 cm³/mol. The summed E-state index contributed by atoms with van der Waals surface area (Å²) >= 11 is 0. The summed E-state index contributed by atoms with van der Waals surface area (Å²) in [5.41, 5.74) is 0. The molecule has 0 rings (SSSR count). The minimum atomic E-state index is -0.949. The lowest BCUT2D eigenvalue weighted by Crippen LogP contribution is -2.46. The fourth-order valence-corrected chi connectivity index (χ4v) is 1.52. The summed E-state index contributed by atoms with van der Waals surface area (Å²) in [7, 11) is 0. The molecule has 0 fully saturated rings. The number of nitrogens with zero attached hydrogens (tertiary/aromatic N) is 2. The number of amides is 2. The second kappa shape index (κ2) is 8.34. The van der Waals surface area contributed by atoms with Gasteiger partial charge in [-0.3, -0.25) is 4.79 Å². The highest BCUT2D eigenvalue weighted by molar-refractivity contribution is 5.75. The first-order valence-electron chi connectivity index (χ1n) is 6.01. The third kappa shape index (κ3) is 7.49. The maximum absolute atomic E-state index is 11.9. The second-order valence-corrected chi connectivity index (χ2v) is 4.70. The monoisotopic (exact) mass is 255 g/mol. The van der Waals surface area contributed by atoms with Gasteiger partial charge in [-0.2, -0.15) is 5.26 Å². The second-order valence-electron chi connectivity index (χ2n) is 4.70. The number of carboxylic acid groups (broad SMARTS) is 1. The normalized spacial score (nSPS) is 11.7. The maximum Gasteiger partial charge on any atom is 0.317 e. The Labute approximate surface area is 108 Å². The van der Waals surface area contributed by atoms with Crippen molar-refractivity contribution in [1.29, 1.82) is 5.26 Å². The van der Waals surface area contributed by atoms with Gasteiger partial charge in [-0.15, -0.1) is 0 Å². The Morgan fingerprint density at radius 3 is 2.44 bits per heavy atom. The van der Waals surface area contributed by atoms with Gasteiger partial charge in [-0.25, -0.2) is 4.79 Å². The first kappa shape index (κ1) is 16.2. The molecular weight excluding hydrogens is 234 g/mol.